The second-order valence-corrected chi connectivity index (χ2v) is 1.89. The normalized spacial score (nSPS) is 14.0. The Labute approximate surface area is 63.7 Å². The molecular weight excluding hydrogens is 153 g/mol. The van der Waals surface area contributed by atoms with Gasteiger partial charge in [-0.1, -0.05) is 24.8 Å². The van der Waals surface area contributed by atoms with Crippen LogP contribution in [0.3, 0.4) is 0 Å². The first-order valence-corrected chi connectivity index (χ1v) is 3.04. The standard InChI is InChI=1S/C8H9F3/c1-3-5-7(4-2)6-8(9,10)11/h3-6H,2H2,1H3/b5-3+,7-6-. The molecule has 0 aromatic rings. The van der Waals surface area contributed by atoms with Crippen LogP contribution in [0.2, 0.25) is 0 Å². The Morgan fingerprint density at radius 3 is 2.18 bits per heavy atom. The smallest absolute Gasteiger partial charge is 0.167 e. The lowest BCUT2D eigenvalue weighted by atomic mass is 10.2. The summed E-state index contributed by atoms with van der Waals surface area (Å²) >= 11 is 0. The van der Waals surface area contributed by atoms with Gasteiger partial charge < -0.3 is 0 Å². The van der Waals surface area contributed by atoms with Crippen LogP contribution in [0.1, 0.15) is 6.92 Å². The molecule has 0 saturated heterocycles. The van der Waals surface area contributed by atoms with Gasteiger partial charge in [-0.05, 0) is 12.5 Å². The summed E-state index contributed by atoms with van der Waals surface area (Å²) in [4.78, 5) is 0. The van der Waals surface area contributed by atoms with Crippen LogP contribution in [0.15, 0.2) is 36.5 Å². The molecule has 0 saturated carbocycles. The van der Waals surface area contributed by atoms with E-state index < -0.39 is 6.18 Å². The van der Waals surface area contributed by atoms with Crippen LogP contribution >= 0.6 is 0 Å². The molecular formula is C8H9F3. The molecule has 11 heavy (non-hydrogen) atoms. The molecule has 0 unspecified atom stereocenters. The minimum Gasteiger partial charge on any atom is -0.167 e. The third kappa shape index (κ3) is 5.45. The van der Waals surface area contributed by atoms with E-state index in [1.165, 1.54) is 12.2 Å². The van der Waals surface area contributed by atoms with Crippen LogP contribution in [0, 0.1) is 0 Å². The number of allylic oxidation sites excluding steroid dienone is 5. The molecule has 0 aromatic carbocycles. The van der Waals surface area contributed by atoms with E-state index in [-0.39, 0.29) is 11.6 Å². The van der Waals surface area contributed by atoms with Gasteiger partial charge in [0, 0.05) is 6.08 Å². The van der Waals surface area contributed by atoms with Crippen molar-refractivity contribution in [3.05, 3.63) is 36.5 Å². The summed E-state index contributed by atoms with van der Waals surface area (Å²) in [6, 6.07) is 0. The molecule has 0 aromatic heterocycles. The predicted octanol–water partition coefficient (Wildman–Crippen LogP) is 3.24. The number of hydrogen-bond acceptors (Lipinski definition) is 0. The molecule has 62 valence electrons. The van der Waals surface area contributed by atoms with Crippen LogP contribution < -0.4 is 0 Å². The Morgan fingerprint density at radius 2 is 1.91 bits per heavy atom. The average molecular weight is 162 g/mol. The SMILES string of the molecule is C=CC(=C/C(F)(F)F)/C=C/C. The van der Waals surface area contributed by atoms with Gasteiger partial charge in [0.1, 0.15) is 0 Å². The van der Waals surface area contributed by atoms with Crippen LogP contribution in [-0.4, -0.2) is 6.18 Å². The van der Waals surface area contributed by atoms with E-state index in [4.69, 9.17) is 0 Å². The quantitative estimate of drug-likeness (QED) is 0.547. The van der Waals surface area contributed by atoms with Crippen molar-refractivity contribution in [2.75, 3.05) is 0 Å². The minimum absolute atomic E-state index is 0.0694. The van der Waals surface area contributed by atoms with Crippen molar-refractivity contribution in [2.45, 2.75) is 13.1 Å². The van der Waals surface area contributed by atoms with E-state index in [9.17, 15) is 13.2 Å². The summed E-state index contributed by atoms with van der Waals surface area (Å²) in [6.07, 6.45) is -0.0176. The van der Waals surface area contributed by atoms with Crippen LogP contribution in [-0.2, 0) is 0 Å². The van der Waals surface area contributed by atoms with Crippen molar-refractivity contribution in [3.8, 4) is 0 Å². The van der Waals surface area contributed by atoms with Gasteiger partial charge in [-0.15, -0.1) is 0 Å². The first kappa shape index (κ1) is 10.0. The first-order chi connectivity index (χ1) is 4.99. The van der Waals surface area contributed by atoms with Crippen LogP contribution in [0.4, 0.5) is 13.2 Å². The Hall–Kier alpha value is -0.990. The van der Waals surface area contributed by atoms with E-state index in [1.54, 1.807) is 6.92 Å². The zero-order valence-electron chi connectivity index (χ0n) is 6.15. The largest absolute Gasteiger partial charge is 0.410 e. The Morgan fingerprint density at radius 1 is 1.36 bits per heavy atom. The summed E-state index contributed by atoms with van der Waals surface area (Å²) in [7, 11) is 0. The van der Waals surface area contributed by atoms with E-state index >= 15 is 0 Å². The van der Waals surface area contributed by atoms with Gasteiger partial charge in [-0.3, -0.25) is 0 Å². The van der Waals surface area contributed by atoms with Crippen molar-refractivity contribution in [1.29, 1.82) is 0 Å². The van der Waals surface area contributed by atoms with Crippen molar-refractivity contribution in [3.63, 3.8) is 0 Å². The van der Waals surface area contributed by atoms with E-state index in [1.807, 2.05) is 0 Å². The summed E-state index contributed by atoms with van der Waals surface area (Å²) in [5.74, 6) is 0. The summed E-state index contributed by atoms with van der Waals surface area (Å²) in [6.45, 7) is 4.89. The van der Waals surface area contributed by atoms with Crippen LogP contribution in [0.5, 0.6) is 0 Å². The fourth-order valence-electron chi connectivity index (χ4n) is 0.557. The predicted molar refractivity (Wildman–Crippen MR) is 39.1 cm³/mol. The number of hydrogen-bond donors (Lipinski definition) is 0. The lowest BCUT2D eigenvalue weighted by molar-refractivity contribution is -0.0801. The molecule has 0 atom stereocenters. The van der Waals surface area contributed by atoms with Gasteiger partial charge >= 0.3 is 6.18 Å². The zero-order valence-corrected chi connectivity index (χ0v) is 6.15. The molecule has 0 bridgehead atoms. The number of rotatable bonds is 2. The molecule has 0 fully saturated rings. The van der Waals surface area contributed by atoms with E-state index in [0.717, 1.165) is 6.08 Å². The molecule has 0 heterocycles. The molecule has 0 aliphatic carbocycles. The maximum absolute atomic E-state index is 11.7. The van der Waals surface area contributed by atoms with Gasteiger partial charge in [0.2, 0.25) is 0 Å². The van der Waals surface area contributed by atoms with Crippen molar-refractivity contribution >= 4 is 0 Å². The fourth-order valence-corrected chi connectivity index (χ4v) is 0.557. The molecule has 0 nitrogen and oxygen atoms in total. The Balaban J connectivity index is 4.48. The summed E-state index contributed by atoms with van der Waals surface area (Å²) < 4.78 is 35.0. The minimum atomic E-state index is -4.26. The van der Waals surface area contributed by atoms with Gasteiger partial charge in [0.15, 0.2) is 0 Å². The highest BCUT2D eigenvalue weighted by molar-refractivity contribution is 5.29. The lowest BCUT2D eigenvalue weighted by Gasteiger charge is -1.99. The van der Waals surface area contributed by atoms with Gasteiger partial charge in [-0.2, -0.15) is 13.2 Å². The van der Waals surface area contributed by atoms with Crippen molar-refractivity contribution in [2.24, 2.45) is 0 Å². The second-order valence-electron chi connectivity index (χ2n) is 1.89. The molecule has 0 aliphatic rings. The molecule has 0 rings (SSSR count). The van der Waals surface area contributed by atoms with Gasteiger partial charge in [0.25, 0.3) is 0 Å². The van der Waals surface area contributed by atoms with E-state index in [2.05, 4.69) is 6.58 Å². The molecule has 0 radical (unpaired) electrons. The van der Waals surface area contributed by atoms with Crippen LogP contribution in [0.25, 0.3) is 0 Å². The molecule has 0 N–H and O–H groups in total. The zero-order chi connectivity index (χ0) is 8.91. The maximum atomic E-state index is 11.7. The summed E-state index contributed by atoms with van der Waals surface area (Å²) in [5, 5.41) is 0. The van der Waals surface area contributed by atoms with Crippen molar-refractivity contribution < 1.29 is 13.2 Å². The maximum Gasteiger partial charge on any atom is 0.410 e. The molecule has 0 amide bonds. The number of halogens is 3. The first-order valence-electron chi connectivity index (χ1n) is 3.04. The van der Waals surface area contributed by atoms with Gasteiger partial charge in [-0.25, -0.2) is 0 Å². The highest BCUT2D eigenvalue weighted by Crippen LogP contribution is 2.19. The average Bonchev–Trinajstić information content (AvgIpc) is 1.84. The lowest BCUT2D eigenvalue weighted by Crippen LogP contribution is -2.01. The molecule has 3 heteroatoms. The highest BCUT2D eigenvalue weighted by Gasteiger charge is 2.22. The summed E-state index contributed by atoms with van der Waals surface area (Å²) in [5.41, 5.74) is 0.0694. The Bertz CT molecular complexity index is 184. The number of alkyl halides is 3. The highest BCUT2D eigenvalue weighted by atomic mass is 19.4. The second kappa shape index (κ2) is 4.01. The monoisotopic (exact) mass is 162 g/mol. The molecule has 0 aliphatic heterocycles. The van der Waals surface area contributed by atoms with Crippen molar-refractivity contribution in [1.82, 2.24) is 0 Å². The fraction of sp³-hybridized carbons (Fsp3) is 0.250. The van der Waals surface area contributed by atoms with Gasteiger partial charge in [0.05, 0.1) is 0 Å². The third-order valence-electron chi connectivity index (χ3n) is 0.925. The third-order valence-corrected chi connectivity index (χ3v) is 0.925. The Kier molecular flexibility index (Phi) is 3.65. The topological polar surface area (TPSA) is 0 Å². The molecule has 0 spiro atoms. The van der Waals surface area contributed by atoms with E-state index in [0.29, 0.717) is 0 Å².